The van der Waals surface area contributed by atoms with Gasteiger partial charge >= 0.3 is 0 Å². The molecule has 0 saturated heterocycles. The summed E-state index contributed by atoms with van der Waals surface area (Å²) in [5.41, 5.74) is 8.03. The number of nitrogens with zero attached hydrogens (tertiary/aromatic N) is 3. The van der Waals surface area contributed by atoms with E-state index in [0.29, 0.717) is 6.42 Å². The number of hydrogen-bond acceptors (Lipinski definition) is 4. The highest BCUT2D eigenvalue weighted by Crippen LogP contribution is 2.06. The van der Waals surface area contributed by atoms with Gasteiger partial charge in [-0.15, -0.1) is 0 Å². The SMILES string of the molecule is CC[C@@H](O)[C@@H](O)[C@H](CO)N=[N+]=[N-]. The highest BCUT2D eigenvalue weighted by molar-refractivity contribution is 4.80. The zero-order chi connectivity index (χ0) is 9.56. The summed E-state index contributed by atoms with van der Waals surface area (Å²) in [7, 11) is 0. The molecule has 0 aromatic carbocycles. The monoisotopic (exact) mass is 175 g/mol. The van der Waals surface area contributed by atoms with Crippen LogP contribution in [0, 0.1) is 0 Å². The van der Waals surface area contributed by atoms with Crippen molar-refractivity contribution in [2.24, 2.45) is 5.11 Å². The van der Waals surface area contributed by atoms with Gasteiger partial charge in [0.1, 0.15) is 0 Å². The van der Waals surface area contributed by atoms with E-state index in [0.717, 1.165) is 0 Å². The van der Waals surface area contributed by atoms with Gasteiger partial charge in [0, 0.05) is 4.91 Å². The van der Waals surface area contributed by atoms with E-state index in [1.807, 2.05) is 0 Å². The molecule has 70 valence electrons. The van der Waals surface area contributed by atoms with Crippen LogP contribution >= 0.6 is 0 Å². The summed E-state index contributed by atoms with van der Waals surface area (Å²) in [6, 6.07) is -0.968. The topological polar surface area (TPSA) is 109 Å². The van der Waals surface area contributed by atoms with E-state index in [2.05, 4.69) is 10.0 Å². The first-order chi connectivity index (χ1) is 5.67. The van der Waals surface area contributed by atoms with Gasteiger partial charge in [0.25, 0.3) is 0 Å². The third-order valence-electron chi connectivity index (χ3n) is 1.59. The number of hydrogen-bond donors (Lipinski definition) is 3. The summed E-state index contributed by atoms with van der Waals surface area (Å²) in [6.07, 6.45) is -1.82. The molecule has 12 heavy (non-hydrogen) atoms. The molecule has 0 bridgehead atoms. The number of aliphatic hydroxyl groups excluding tert-OH is 3. The molecule has 0 radical (unpaired) electrons. The second-order valence-corrected chi connectivity index (χ2v) is 2.42. The average molecular weight is 175 g/mol. The average Bonchev–Trinajstić information content (AvgIpc) is 2.11. The molecule has 0 aliphatic carbocycles. The standard InChI is InChI=1S/C6H13N3O3/c1-2-5(11)6(12)4(3-10)8-9-7/h4-6,10-12H,2-3H2,1H3/t4-,5+,6-/m0/s1. The summed E-state index contributed by atoms with van der Waals surface area (Å²) < 4.78 is 0. The summed E-state index contributed by atoms with van der Waals surface area (Å²) in [5, 5.41) is 30.1. The zero-order valence-electron chi connectivity index (χ0n) is 6.83. The second-order valence-electron chi connectivity index (χ2n) is 2.42. The first-order valence-corrected chi connectivity index (χ1v) is 3.68. The molecule has 0 aromatic rings. The molecule has 0 amide bonds. The van der Waals surface area contributed by atoms with Gasteiger partial charge in [-0.05, 0) is 12.0 Å². The normalized spacial score (nSPS) is 17.7. The minimum atomic E-state index is -1.20. The first-order valence-electron chi connectivity index (χ1n) is 3.68. The van der Waals surface area contributed by atoms with Gasteiger partial charge in [0.15, 0.2) is 0 Å². The van der Waals surface area contributed by atoms with Gasteiger partial charge in [-0.2, -0.15) is 0 Å². The van der Waals surface area contributed by atoms with Crippen LogP contribution in [0.1, 0.15) is 13.3 Å². The highest BCUT2D eigenvalue weighted by Gasteiger charge is 2.23. The van der Waals surface area contributed by atoms with E-state index < -0.39 is 24.9 Å². The van der Waals surface area contributed by atoms with Crippen molar-refractivity contribution in [2.45, 2.75) is 31.6 Å². The Hall–Kier alpha value is -0.810. The lowest BCUT2D eigenvalue weighted by molar-refractivity contribution is -0.00838. The fraction of sp³-hybridized carbons (Fsp3) is 1.00. The molecule has 0 aliphatic heterocycles. The minimum absolute atomic E-state index is 0.346. The van der Waals surface area contributed by atoms with Crippen molar-refractivity contribution >= 4 is 0 Å². The third kappa shape index (κ3) is 3.06. The largest absolute Gasteiger partial charge is 0.396 e. The van der Waals surface area contributed by atoms with Gasteiger partial charge < -0.3 is 15.3 Å². The molecular weight excluding hydrogens is 162 g/mol. The summed E-state index contributed by atoms with van der Waals surface area (Å²) in [6.45, 7) is 1.21. The van der Waals surface area contributed by atoms with Gasteiger partial charge in [-0.3, -0.25) is 0 Å². The van der Waals surface area contributed by atoms with Crippen LogP contribution in [0.5, 0.6) is 0 Å². The van der Waals surface area contributed by atoms with E-state index in [9.17, 15) is 5.11 Å². The van der Waals surface area contributed by atoms with Crippen molar-refractivity contribution in [1.82, 2.24) is 0 Å². The van der Waals surface area contributed by atoms with Crippen LogP contribution in [0.3, 0.4) is 0 Å². The Kier molecular flexibility index (Phi) is 5.40. The maximum absolute atomic E-state index is 9.23. The number of azide groups is 1. The van der Waals surface area contributed by atoms with Crippen LogP contribution < -0.4 is 0 Å². The number of rotatable bonds is 5. The lowest BCUT2D eigenvalue weighted by Gasteiger charge is -2.20. The highest BCUT2D eigenvalue weighted by atomic mass is 16.3. The predicted molar refractivity (Wildman–Crippen MR) is 42.3 cm³/mol. The Balaban J connectivity index is 4.19. The molecule has 0 aromatic heterocycles. The Morgan fingerprint density at radius 1 is 1.50 bits per heavy atom. The molecule has 0 fully saturated rings. The van der Waals surface area contributed by atoms with Gasteiger partial charge in [-0.25, -0.2) is 0 Å². The van der Waals surface area contributed by atoms with Crippen molar-refractivity contribution in [3.63, 3.8) is 0 Å². The predicted octanol–water partition coefficient (Wildman–Crippen LogP) is -0.211. The van der Waals surface area contributed by atoms with Crippen molar-refractivity contribution in [3.05, 3.63) is 10.4 Å². The summed E-state index contributed by atoms with van der Waals surface area (Å²) in [4.78, 5) is 2.44. The van der Waals surface area contributed by atoms with Gasteiger partial charge in [-0.1, -0.05) is 12.0 Å². The summed E-state index contributed by atoms with van der Waals surface area (Å²) >= 11 is 0. The molecule has 3 atom stereocenters. The van der Waals surface area contributed by atoms with Crippen molar-refractivity contribution in [1.29, 1.82) is 0 Å². The molecule has 6 heteroatoms. The Labute approximate surface area is 70.1 Å². The van der Waals surface area contributed by atoms with E-state index in [4.69, 9.17) is 15.7 Å². The quantitative estimate of drug-likeness (QED) is 0.305. The zero-order valence-corrected chi connectivity index (χ0v) is 6.83. The lowest BCUT2D eigenvalue weighted by Crippen LogP contribution is -2.37. The van der Waals surface area contributed by atoms with Crippen LogP contribution in [0.15, 0.2) is 5.11 Å². The molecule has 0 spiro atoms. The maximum Gasteiger partial charge on any atom is 0.0905 e. The Bertz CT molecular complexity index is 169. The van der Waals surface area contributed by atoms with Crippen molar-refractivity contribution in [3.8, 4) is 0 Å². The lowest BCUT2D eigenvalue weighted by atomic mass is 10.1. The Morgan fingerprint density at radius 2 is 2.08 bits per heavy atom. The van der Waals surface area contributed by atoms with Gasteiger partial charge in [0.05, 0.1) is 24.9 Å². The van der Waals surface area contributed by atoms with Gasteiger partial charge in [0.2, 0.25) is 0 Å². The fourth-order valence-electron chi connectivity index (χ4n) is 0.777. The molecule has 0 aliphatic rings. The first kappa shape index (κ1) is 11.2. The third-order valence-corrected chi connectivity index (χ3v) is 1.59. The van der Waals surface area contributed by atoms with Crippen LogP contribution in [0.4, 0.5) is 0 Å². The molecule has 0 saturated carbocycles. The smallest absolute Gasteiger partial charge is 0.0905 e. The van der Waals surface area contributed by atoms with Crippen LogP contribution in [-0.4, -0.2) is 40.2 Å². The Morgan fingerprint density at radius 3 is 2.42 bits per heavy atom. The van der Waals surface area contributed by atoms with E-state index in [1.54, 1.807) is 6.92 Å². The van der Waals surface area contributed by atoms with Crippen molar-refractivity contribution in [2.75, 3.05) is 6.61 Å². The van der Waals surface area contributed by atoms with E-state index >= 15 is 0 Å². The minimum Gasteiger partial charge on any atom is -0.396 e. The summed E-state index contributed by atoms with van der Waals surface area (Å²) in [5.74, 6) is 0. The molecular formula is C6H13N3O3. The fourth-order valence-corrected chi connectivity index (χ4v) is 0.777. The van der Waals surface area contributed by atoms with Crippen LogP contribution in [0.25, 0.3) is 10.4 Å². The van der Waals surface area contributed by atoms with Crippen LogP contribution in [-0.2, 0) is 0 Å². The van der Waals surface area contributed by atoms with Crippen LogP contribution in [0.2, 0.25) is 0 Å². The van der Waals surface area contributed by atoms with E-state index in [1.165, 1.54) is 0 Å². The molecule has 3 N–H and O–H groups in total. The molecule has 0 rings (SSSR count). The van der Waals surface area contributed by atoms with E-state index in [-0.39, 0.29) is 0 Å². The number of aliphatic hydroxyl groups is 3. The molecule has 6 nitrogen and oxygen atoms in total. The molecule has 0 heterocycles. The second kappa shape index (κ2) is 5.79. The van der Waals surface area contributed by atoms with Crippen molar-refractivity contribution < 1.29 is 15.3 Å². The molecule has 0 unspecified atom stereocenters. The maximum atomic E-state index is 9.23.